The van der Waals surface area contributed by atoms with Gasteiger partial charge in [-0.3, -0.25) is 9.48 Å². The molecule has 192 valence electrons. The molecule has 2 aromatic rings. The Morgan fingerprint density at radius 2 is 1.92 bits per heavy atom. The van der Waals surface area contributed by atoms with Crippen LogP contribution in [-0.2, 0) is 20.4 Å². The monoisotopic (exact) mass is 511 g/mol. The normalized spacial score (nSPS) is 15.6. The molecule has 1 aromatic heterocycles. The van der Waals surface area contributed by atoms with Crippen LogP contribution in [-0.4, -0.2) is 61.0 Å². The summed E-state index contributed by atoms with van der Waals surface area (Å²) in [5.74, 6) is 0.587. The van der Waals surface area contributed by atoms with Gasteiger partial charge in [0.1, 0.15) is 0 Å². The number of nitrogens with one attached hydrogen (secondary N) is 2. The fraction of sp³-hybridized carbons (Fsp3) is 0.400. The zero-order valence-corrected chi connectivity index (χ0v) is 22.0. The summed E-state index contributed by atoms with van der Waals surface area (Å²) in [6, 6.07) is 8.81. The van der Waals surface area contributed by atoms with E-state index in [-0.39, 0.29) is 11.3 Å². The topological polar surface area (TPSA) is 123 Å². The molecule has 1 aliphatic heterocycles. The molecule has 0 unspecified atom stereocenters. The summed E-state index contributed by atoms with van der Waals surface area (Å²) in [6.07, 6.45) is 5.63. The standard InChI is InChI=1S/C25H33N7O3S/c1-19(2)31-16-12-25(11-14-26,13-17-31)32-23(10-15-27-18-33)20(3)24(29-32)28-21-6-8-22(9-7-21)36(34,35)30(4)5/h6-10,15,18H,1,11-13,16-17H2,2-5H3,(H,27,33)(H,28,29)/b15-10-. The number of nitrogens with zero attached hydrogens (tertiary/aromatic N) is 5. The van der Waals surface area contributed by atoms with E-state index in [1.54, 1.807) is 36.5 Å². The summed E-state index contributed by atoms with van der Waals surface area (Å²) in [7, 11) is -0.549. The molecule has 3 rings (SSSR count). The molecule has 1 aliphatic rings. The fourth-order valence-corrected chi connectivity index (χ4v) is 5.23. The lowest BCUT2D eigenvalue weighted by atomic mass is 9.84. The van der Waals surface area contributed by atoms with Crippen molar-refractivity contribution in [2.75, 3.05) is 32.5 Å². The zero-order valence-electron chi connectivity index (χ0n) is 21.2. The van der Waals surface area contributed by atoms with Crippen LogP contribution in [0.25, 0.3) is 6.08 Å². The van der Waals surface area contributed by atoms with Crippen LogP contribution < -0.4 is 10.6 Å². The molecule has 0 saturated carbocycles. The molecule has 2 heterocycles. The maximum Gasteiger partial charge on any atom is 0.242 e. The fourth-order valence-electron chi connectivity index (χ4n) is 4.32. The molecule has 11 heteroatoms. The van der Waals surface area contributed by atoms with E-state index >= 15 is 0 Å². The van der Waals surface area contributed by atoms with Crippen molar-refractivity contribution in [3.63, 3.8) is 0 Å². The highest BCUT2D eigenvalue weighted by molar-refractivity contribution is 7.89. The van der Waals surface area contributed by atoms with Crippen molar-refractivity contribution in [1.82, 2.24) is 24.3 Å². The SMILES string of the molecule is C=C(C)N1CCC(CC#N)(n2nc(Nc3ccc(S(=O)(=O)N(C)C)cc3)c(C)c2/C=C\NC=O)CC1. The summed E-state index contributed by atoms with van der Waals surface area (Å²) in [5, 5.41) is 20.4. The van der Waals surface area contributed by atoms with Gasteiger partial charge in [0.25, 0.3) is 0 Å². The van der Waals surface area contributed by atoms with Crippen LogP contribution in [0, 0.1) is 18.3 Å². The van der Waals surface area contributed by atoms with Gasteiger partial charge < -0.3 is 15.5 Å². The number of aromatic nitrogens is 2. The number of carbonyl (C=O) groups excluding carboxylic acids is 1. The number of hydrogen-bond donors (Lipinski definition) is 2. The first kappa shape index (κ1) is 27.0. The van der Waals surface area contributed by atoms with Gasteiger partial charge in [0.05, 0.1) is 28.6 Å². The number of anilines is 2. The maximum atomic E-state index is 12.4. The number of piperidine rings is 1. The van der Waals surface area contributed by atoms with Crippen LogP contribution in [0.4, 0.5) is 11.5 Å². The van der Waals surface area contributed by atoms with Gasteiger partial charge in [-0.2, -0.15) is 10.4 Å². The smallest absolute Gasteiger partial charge is 0.242 e. The molecule has 0 aliphatic carbocycles. The van der Waals surface area contributed by atoms with Crippen molar-refractivity contribution >= 4 is 34.0 Å². The third kappa shape index (κ3) is 5.45. The number of hydrogen-bond acceptors (Lipinski definition) is 7. The molecule has 0 spiro atoms. The van der Waals surface area contributed by atoms with Crippen molar-refractivity contribution in [3.8, 4) is 6.07 Å². The third-order valence-corrected chi connectivity index (χ3v) is 8.39. The van der Waals surface area contributed by atoms with Crippen LogP contribution in [0.15, 0.2) is 47.6 Å². The van der Waals surface area contributed by atoms with Gasteiger partial charge in [-0.1, -0.05) is 6.58 Å². The molecule has 36 heavy (non-hydrogen) atoms. The first-order valence-electron chi connectivity index (χ1n) is 11.6. The minimum absolute atomic E-state index is 0.195. The van der Waals surface area contributed by atoms with E-state index < -0.39 is 15.6 Å². The highest BCUT2D eigenvalue weighted by atomic mass is 32.2. The molecule has 1 amide bonds. The average molecular weight is 512 g/mol. The lowest BCUT2D eigenvalue weighted by molar-refractivity contribution is -0.108. The quantitative estimate of drug-likeness (QED) is 0.470. The molecule has 1 aromatic carbocycles. The Hall–Kier alpha value is -3.62. The van der Waals surface area contributed by atoms with Gasteiger partial charge in [0.2, 0.25) is 16.4 Å². The second-order valence-electron chi connectivity index (χ2n) is 9.11. The molecule has 0 radical (unpaired) electrons. The number of likely N-dealkylation sites (tertiary alicyclic amines) is 1. The molecule has 0 bridgehead atoms. The molecule has 10 nitrogen and oxygen atoms in total. The Bertz CT molecular complexity index is 1280. The van der Waals surface area contributed by atoms with Gasteiger partial charge in [-0.05, 0) is 57.0 Å². The van der Waals surface area contributed by atoms with Crippen LogP contribution in [0.2, 0.25) is 0 Å². The average Bonchev–Trinajstić information content (AvgIpc) is 3.15. The van der Waals surface area contributed by atoms with E-state index in [9.17, 15) is 18.5 Å². The summed E-state index contributed by atoms with van der Waals surface area (Å²) in [5.41, 5.74) is 2.76. The van der Waals surface area contributed by atoms with E-state index in [0.29, 0.717) is 30.8 Å². The minimum atomic E-state index is -3.53. The number of benzene rings is 1. The lowest BCUT2D eigenvalue weighted by Gasteiger charge is -2.42. The summed E-state index contributed by atoms with van der Waals surface area (Å²) >= 11 is 0. The lowest BCUT2D eigenvalue weighted by Crippen LogP contribution is -2.46. The van der Waals surface area contributed by atoms with E-state index in [1.165, 1.54) is 18.4 Å². The second kappa shape index (κ2) is 11.0. The highest BCUT2D eigenvalue weighted by Crippen LogP contribution is 2.38. The van der Waals surface area contributed by atoms with Gasteiger partial charge in [-0.25, -0.2) is 12.7 Å². The molecule has 1 saturated heterocycles. The number of amides is 1. The molecular weight excluding hydrogens is 478 g/mol. The number of nitriles is 1. The van der Waals surface area contributed by atoms with Crippen molar-refractivity contribution in [3.05, 3.63) is 54.0 Å². The molecular formula is C25H33N7O3S. The van der Waals surface area contributed by atoms with E-state index in [1.807, 2.05) is 18.5 Å². The highest BCUT2D eigenvalue weighted by Gasteiger charge is 2.39. The van der Waals surface area contributed by atoms with Gasteiger partial charge in [0, 0.05) is 50.3 Å². The predicted molar refractivity (Wildman–Crippen MR) is 140 cm³/mol. The van der Waals surface area contributed by atoms with Crippen molar-refractivity contribution in [2.24, 2.45) is 0 Å². The van der Waals surface area contributed by atoms with Crippen molar-refractivity contribution in [1.29, 1.82) is 5.26 Å². The van der Waals surface area contributed by atoms with Crippen molar-refractivity contribution in [2.45, 2.75) is 43.5 Å². The number of carbonyl (C=O) groups is 1. The van der Waals surface area contributed by atoms with E-state index in [4.69, 9.17) is 5.10 Å². The zero-order chi connectivity index (χ0) is 26.5. The van der Waals surface area contributed by atoms with Crippen molar-refractivity contribution < 1.29 is 13.2 Å². The molecule has 2 N–H and O–H groups in total. The van der Waals surface area contributed by atoms with Crippen LogP contribution >= 0.6 is 0 Å². The van der Waals surface area contributed by atoms with Crippen LogP contribution in [0.5, 0.6) is 0 Å². The summed E-state index contributed by atoms with van der Waals surface area (Å²) < 4.78 is 27.8. The van der Waals surface area contributed by atoms with E-state index in [0.717, 1.165) is 30.0 Å². The summed E-state index contributed by atoms with van der Waals surface area (Å²) in [4.78, 5) is 13.2. The third-order valence-electron chi connectivity index (χ3n) is 6.56. The van der Waals surface area contributed by atoms with E-state index in [2.05, 4.69) is 28.2 Å². The first-order valence-corrected chi connectivity index (χ1v) is 13.0. The predicted octanol–water partition coefficient (Wildman–Crippen LogP) is 3.14. The Morgan fingerprint density at radius 3 is 2.44 bits per heavy atom. The minimum Gasteiger partial charge on any atom is -0.375 e. The first-order chi connectivity index (χ1) is 17.1. The Balaban J connectivity index is 2.01. The number of sulfonamides is 1. The van der Waals surface area contributed by atoms with Crippen LogP contribution in [0.3, 0.4) is 0 Å². The molecule has 0 atom stereocenters. The van der Waals surface area contributed by atoms with Gasteiger partial charge >= 0.3 is 0 Å². The Morgan fingerprint density at radius 1 is 1.28 bits per heavy atom. The van der Waals surface area contributed by atoms with Crippen LogP contribution in [0.1, 0.15) is 37.4 Å². The molecule has 1 fully saturated rings. The second-order valence-corrected chi connectivity index (χ2v) is 11.3. The summed E-state index contributed by atoms with van der Waals surface area (Å²) in [6.45, 7) is 9.46. The Kier molecular flexibility index (Phi) is 8.22. The van der Waals surface area contributed by atoms with Gasteiger partial charge in [-0.15, -0.1) is 0 Å². The van der Waals surface area contributed by atoms with Gasteiger partial charge in [0.15, 0.2) is 5.82 Å². The Labute approximate surface area is 212 Å². The largest absolute Gasteiger partial charge is 0.375 e. The number of allylic oxidation sites excluding steroid dienone is 1. The maximum absolute atomic E-state index is 12.4. The number of rotatable bonds is 10.